The molecule has 0 atom stereocenters. The van der Waals surface area contributed by atoms with Gasteiger partial charge in [-0.3, -0.25) is 4.99 Å². The molecule has 0 heterocycles. The molecule has 22 heavy (non-hydrogen) atoms. The number of nitrogens with one attached hydrogen (secondary N) is 2. The number of rotatable bonds is 7. The van der Waals surface area contributed by atoms with Gasteiger partial charge in [0.15, 0.2) is 5.96 Å². The van der Waals surface area contributed by atoms with Crippen molar-refractivity contribution in [3.8, 4) is 0 Å². The monoisotopic (exact) mass is 418 g/mol. The number of halogens is 1. The Labute approximate surface area is 152 Å². The van der Waals surface area contributed by atoms with Crippen LogP contribution < -0.4 is 10.6 Å². The Bertz CT molecular complexity index is 444. The minimum Gasteiger partial charge on any atom is -0.356 e. The van der Waals surface area contributed by atoms with E-state index in [9.17, 15) is 0 Å². The molecule has 0 aliphatic rings. The van der Waals surface area contributed by atoms with Gasteiger partial charge < -0.3 is 15.5 Å². The molecule has 0 aliphatic carbocycles. The van der Waals surface area contributed by atoms with Gasteiger partial charge in [-0.1, -0.05) is 38.1 Å². The van der Waals surface area contributed by atoms with E-state index in [2.05, 4.69) is 72.7 Å². The van der Waals surface area contributed by atoms with E-state index < -0.39 is 0 Å². The normalized spacial score (nSPS) is 11.5. The number of hydrogen-bond acceptors (Lipinski definition) is 2. The molecule has 0 spiro atoms. The molecule has 0 unspecified atom stereocenters. The third-order valence-electron chi connectivity index (χ3n) is 3.29. The van der Waals surface area contributed by atoms with Gasteiger partial charge in [-0.05, 0) is 37.6 Å². The summed E-state index contributed by atoms with van der Waals surface area (Å²) in [7, 11) is 6.00. The molecule has 4 nitrogen and oxygen atoms in total. The Balaban J connectivity index is 0.00000441. The van der Waals surface area contributed by atoms with Gasteiger partial charge in [0.2, 0.25) is 0 Å². The highest BCUT2D eigenvalue weighted by molar-refractivity contribution is 14.0. The highest BCUT2D eigenvalue weighted by atomic mass is 127. The Kier molecular flexibility index (Phi) is 11.3. The molecule has 1 aromatic rings. The summed E-state index contributed by atoms with van der Waals surface area (Å²) < 4.78 is 0. The molecule has 1 rings (SSSR count). The van der Waals surface area contributed by atoms with Crippen molar-refractivity contribution in [1.29, 1.82) is 0 Å². The Hall–Kier alpha value is -0.820. The van der Waals surface area contributed by atoms with Crippen molar-refractivity contribution < 1.29 is 0 Å². The van der Waals surface area contributed by atoms with Crippen LogP contribution >= 0.6 is 24.0 Å². The van der Waals surface area contributed by atoms with E-state index in [1.54, 1.807) is 0 Å². The summed E-state index contributed by atoms with van der Waals surface area (Å²) in [6.45, 7) is 7.17. The van der Waals surface area contributed by atoms with Crippen LogP contribution in [0.1, 0.15) is 31.4 Å². The van der Waals surface area contributed by atoms with Crippen LogP contribution in [0.5, 0.6) is 0 Å². The molecule has 0 saturated heterocycles. The molecular weight excluding hydrogens is 387 g/mol. The fourth-order valence-electron chi connectivity index (χ4n) is 2.10. The summed E-state index contributed by atoms with van der Waals surface area (Å²) in [6, 6.07) is 8.54. The lowest BCUT2D eigenvalue weighted by Crippen LogP contribution is -2.37. The van der Waals surface area contributed by atoms with Crippen LogP contribution in [0.2, 0.25) is 0 Å². The summed E-state index contributed by atoms with van der Waals surface area (Å²) >= 11 is 0. The molecule has 0 fully saturated rings. The molecule has 0 radical (unpaired) electrons. The van der Waals surface area contributed by atoms with Crippen LogP contribution in [0, 0.1) is 5.92 Å². The minimum atomic E-state index is 0. The first-order valence-corrected chi connectivity index (χ1v) is 7.69. The Morgan fingerprint density at radius 1 is 1.14 bits per heavy atom. The number of benzene rings is 1. The predicted molar refractivity (Wildman–Crippen MR) is 107 cm³/mol. The van der Waals surface area contributed by atoms with Crippen molar-refractivity contribution in [3.05, 3.63) is 35.4 Å². The van der Waals surface area contributed by atoms with E-state index >= 15 is 0 Å². The van der Waals surface area contributed by atoms with E-state index in [4.69, 9.17) is 0 Å². The van der Waals surface area contributed by atoms with Gasteiger partial charge in [0.25, 0.3) is 0 Å². The minimum absolute atomic E-state index is 0. The van der Waals surface area contributed by atoms with Crippen LogP contribution in [0.15, 0.2) is 29.3 Å². The second-order valence-corrected chi connectivity index (χ2v) is 6.04. The third kappa shape index (κ3) is 8.58. The highest BCUT2D eigenvalue weighted by Gasteiger charge is 2.04. The topological polar surface area (TPSA) is 39.7 Å². The quantitative estimate of drug-likeness (QED) is 0.406. The number of hydrogen-bond donors (Lipinski definition) is 2. The maximum absolute atomic E-state index is 4.27. The highest BCUT2D eigenvalue weighted by Crippen LogP contribution is 2.10. The molecule has 0 saturated carbocycles. The van der Waals surface area contributed by atoms with E-state index in [1.807, 2.05) is 7.05 Å². The van der Waals surface area contributed by atoms with Crippen molar-refractivity contribution in [2.75, 3.05) is 27.7 Å². The zero-order valence-electron chi connectivity index (χ0n) is 14.5. The van der Waals surface area contributed by atoms with Crippen molar-refractivity contribution in [2.24, 2.45) is 10.9 Å². The van der Waals surface area contributed by atoms with Crippen molar-refractivity contribution in [3.63, 3.8) is 0 Å². The zero-order valence-corrected chi connectivity index (χ0v) is 16.8. The van der Waals surface area contributed by atoms with E-state index in [0.717, 1.165) is 32.0 Å². The third-order valence-corrected chi connectivity index (χ3v) is 3.29. The molecule has 0 amide bonds. The fraction of sp³-hybridized carbons (Fsp3) is 0.588. The number of aliphatic imine (C=N–C) groups is 1. The SMILES string of the molecule is CN=C(NCCC(C)C)NCc1ccccc1CN(C)C.I. The first-order valence-electron chi connectivity index (χ1n) is 7.69. The summed E-state index contributed by atoms with van der Waals surface area (Å²) in [5, 5.41) is 6.75. The van der Waals surface area contributed by atoms with Crippen LogP contribution in [-0.2, 0) is 13.1 Å². The molecule has 1 aromatic carbocycles. The van der Waals surface area contributed by atoms with Gasteiger partial charge in [0.05, 0.1) is 0 Å². The predicted octanol–water partition coefficient (Wildman–Crippen LogP) is 3.08. The van der Waals surface area contributed by atoms with Crippen molar-refractivity contribution >= 4 is 29.9 Å². The second-order valence-electron chi connectivity index (χ2n) is 6.04. The molecule has 0 aromatic heterocycles. The van der Waals surface area contributed by atoms with Crippen molar-refractivity contribution in [1.82, 2.24) is 15.5 Å². The van der Waals surface area contributed by atoms with E-state index in [1.165, 1.54) is 11.1 Å². The van der Waals surface area contributed by atoms with E-state index in [0.29, 0.717) is 5.92 Å². The second kappa shape index (κ2) is 11.7. The van der Waals surface area contributed by atoms with Gasteiger partial charge in [-0.15, -0.1) is 24.0 Å². The first-order chi connectivity index (χ1) is 10.0. The Morgan fingerprint density at radius 2 is 1.77 bits per heavy atom. The summed E-state index contributed by atoms with van der Waals surface area (Å²) in [5.41, 5.74) is 2.67. The molecular formula is C17H31IN4. The van der Waals surface area contributed by atoms with Gasteiger partial charge in [0, 0.05) is 26.7 Å². The first kappa shape index (κ1) is 21.2. The average Bonchev–Trinajstić information content (AvgIpc) is 2.43. The largest absolute Gasteiger partial charge is 0.356 e. The Morgan fingerprint density at radius 3 is 2.32 bits per heavy atom. The maximum Gasteiger partial charge on any atom is 0.191 e. The lowest BCUT2D eigenvalue weighted by molar-refractivity contribution is 0.400. The molecule has 2 N–H and O–H groups in total. The molecule has 5 heteroatoms. The number of guanidine groups is 1. The molecule has 126 valence electrons. The summed E-state index contributed by atoms with van der Waals surface area (Å²) in [4.78, 5) is 6.46. The van der Waals surface area contributed by atoms with Crippen molar-refractivity contribution in [2.45, 2.75) is 33.4 Å². The lowest BCUT2D eigenvalue weighted by Gasteiger charge is -2.16. The summed E-state index contributed by atoms with van der Waals surface area (Å²) in [5.74, 6) is 1.58. The van der Waals surface area contributed by atoms with Gasteiger partial charge in [-0.2, -0.15) is 0 Å². The van der Waals surface area contributed by atoms with Gasteiger partial charge in [-0.25, -0.2) is 0 Å². The lowest BCUT2D eigenvalue weighted by atomic mass is 10.1. The van der Waals surface area contributed by atoms with Crippen LogP contribution in [-0.4, -0.2) is 38.5 Å². The van der Waals surface area contributed by atoms with Crippen LogP contribution in [0.3, 0.4) is 0 Å². The summed E-state index contributed by atoms with van der Waals surface area (Å²) in [6.07, 6.45) is 1.15. The number of nitrogens with zero attached hydrogens (tertiary/aromatic N) is 2. The fourth-order valence-corrected chi connectivity index (χ4v) is 2.10. The average molecular weight is 418 g/mol. The van der Waals surface area contributed by atoms with Gasteiger partial charge in [0.1, 0.15) is 0 Å². The zero-order chi connectivity index (χ0) is 15.7. The van der Waals surface area contributed by atoms with E-state index in [-0.39, 0.29) is 24.0 Å². The maximum atomic E-state index is 4.27. The van der Waals surface area contributed by atoms with Crippen LogP contribution in [0.25, 0.3) is 0 Å². The molecule has 0 aliphatic heterocycles. The molecule has 0 bridgehead atoms. The standard InChI is InChI=1S/C17H30N4.HI/c1-14(2)10-11-19-17(18-3)20-12-15-8-6-7-9-16(15)13-21(4)5;/h6-9,14H,10-13H2,1-5H3,(H2,18,19,20);1H. The smallest absolute Gasteiger partial charge is 0.191 e. The van der Waals surface area contributed by atoms with Gasteiger partial charge >= 0.3 is 0 Å². The van der Waals surface area contributed by atoms with Crippen LogP contribution in [0.4, 0.5) is 0 Å².